The van der Waals surface area contributed by atoms with Crippen LogP contribution in [0.1, 0.15) is 10.4 Å². The third kappa shape index (κ3) is 2.64. The van der Waals surface area contributed by atoms with Gasteiger partial charge in [-0.25, -0.2) is 9.97 Å². The Hall–Kier alpha value is -1.96. The fraction of sp³-hybridized carbons (Fsp3) is 0.333. The van der Waals surface area contributed by atoms with Gasteiger partial charge in [-0.3, -0.25) is 9.89 Å². The Morgan fingerprint density at radius 1 is 1.15 bits per heavy atom. The molecular weight excluding hydrogens is 324 g/mol. The number of aromatic nitrogens is 4. The standard InChI is InChI=1S/C12H13BrN6O/c13-10-7-14-12(15-8-10)19-3-1-18(2-4-19)11(20)9-5-16-17-6-9/h5-8H,1-4H2,(H,16,17). The van der Waals surface area contributed by atoms with Crippen LogP contribution in [-0.2, 0) is 0 Å². The first-order valence-electron chi connectivity index (χ1n) is 6.24. The van der Waals surface area contributed by atoms with Gasteiger partial charge in [-0.15, -0.1) is 0 Å². The van der Waals surface area contributed by atoms with Crippen LogP contribution < -0.4 is 4.90 Å². The van der Waals surface area contributed by atoms with Crippen LogP contribution in [0.4, 0.5) is 5.95 Å². The maximum absolute atomic E-state index is 12.2. The van der Waals surface area contributed by atoms with E-state index in [1.165, 1.54) is 0 Å². The van der Waals surface area contributed by atoms with E-state index in [4.69, 9.17) is 0 Å². The van der Waals surface area contributed by atoms with Crippen molar-refractivity contribution < 1.29 is 4.79 Å². The van der Waals surface area contributed by atoms with E-state index in [1.54, 1.807) is 24.8 Å². The SMILES string of the molecule is O=C(c1cn[nH]c1)N1CCN(c2ncc(Br)cn2)CC1. The Kier molecular flexibility index (Phi) is 3.64. The van der Waals surface area contributed by atoms with Crippen LogP contribution in [0.15, 0.2) is 29.3 Å². The van der Waals surface area contributed by atoms with Crippen LogP contribution in [0.5, 0.6) is 0 Å². The van der Waals surface area contributed by atoms with Crippen molar-refractivity contribution in [2.45, 2.75) is 0 Å². The minimum Gasteiger partial charge on any atom is -0.337 e. The number of carbonyl (C=O) groups excluding carboxylic acids is 1. The van der Waals surface area contributed by atoms with Crippen LogP contribution >= 0.6 is 15.9 Å². The quantitative estimate of drug-likeness (QED) is 0.882. The number of hydrogen-bond acceptors (Lipinski definition) is 5. The number of piperazine rings is 1. The summed E-state index contributed by atoms with van der Waals surface area (Å²) >= 11 is 3.31. The number of nitrogens with zero attached hydrogens (tertiary/aromatic N) is 5. The monoisotopic (exact) mass is 336 g/mol. The number of anilines is 1. The van der Waals surface area contributed by atoms with E-state index in [9.17, 15) is 4.79 Å². The van der Waals surface area contributed by atoms with Gasteiger partial charge < -0.3 is 9.80 Å². The lowest BCUT2D eigenvalue weighted by Crippen LogP contribution is -2.49. The molecule has 0 atom stereocenters. The second-order valence-corrected chi connectivity index (χ2v) is 5.38. The molecule has 8 heteroatoms. The summed E-state index contributed by atoms with van der Waals surface area (Å²) in [6.45, 7) is 2.77. The third-order valence-electron chi connectivity index (χ3n) is 3.20. The summed E-state index contributed by atoms with van der Waals surface area (Å²) in [6.07, 6.45) is 6.62. The zero-order chi connectivity index (χ0) is 13.9. The second-order valence-electron chi connectivity index (χ2n) is 4.47. The van der Waals surface area contributed by atoms with Crippen molar-refractivity contribution >= 4 is 27.8 Å². The summed E-state index contributed by atoms with van der Waals surface area (Å²) in [7, 11) is 0. The molecule has 0 aromatic carbocycles. The van der Waals surface area contributed by atoms with Crippen molar-refractivity contribution in [2.75, 3.05) is 31.1 Å². The molecule has 2 aromatic rings. The molecule has 0 radical (unpaired) electrons. The van der Waals surface area contributed by atoms with Crippen molar-refractivity contribution in [3.8, 4) is 0 Å². The summed E-state index contributed by atoms with van der Waals surface area (Å²) in [5, 5.41) is 6.46. The maximum atomic E-state index is 12.2. The first kappa shape index (κ1) is 13.0. The Morgan fingerprint density at radius 2 is 1.85 bits per heavy atom. The average Bonchev–Trinajstić information content (AvgIpc) is 3.02. The van der Waals surface area contributed by atoms with Crippen molar-refractivity contribution in [2.24, 2.45) is 0 Å². The lowest BCUT2D eigenvalue weighted by Gasteiger charge is -2.34. The first-order valence-corrected chi connectivity index (χ1v) is 7.04. The minimum atomic E-state index is 0.00937. The molecule has 3 heterocycles. The summed E-state index contributed by atoms with van der Waals surface area (Å²) in [4.78, 5) is 24.6. The topological polar surface area (TPSA) is 78.0 Å². The molecule has 1 N–H and O–H groups in total. The van der Waals surface area contributed by atoms with Gasteiger partial charge in [0.15, 0.2) is 0 Å². The van der Waals surface area contributed by atoms with E-state index in [0.717, 1.165) is 17.6 Å². The van der Waals surface area contributed by atoms with Gasteiger partial charge in [0.05, 0.1) is 16.2 Å². The van der Waals surface area contributed by atoms with E-state index >= 15 is 0 Å². The predicted molar refractivity (Wildman–Crippen MR) is 76.4 cm³/mol. The zero-order valence-corrected chi connectivity index (χ0v) is 12.2. The van der Waals surface area contributed by atoms with Gasteiger partial charge >= 0.3 is 0 Å². The van der Waals surface area contributed by atoms with Crippen LogP contribution in [0.3, 0.4) is 0 Å². The van der Waals surface area contributed by atoms with E-state index in [-0.39, 0.29) is 5.91 Å². The zero-order valence-electron chi connectivity index (χ0n) is 10.7. The van der Waals surface area contributed by atoms with E-state index < -0.39 is 0 Å². The molecule has 0 unspecified atom stereocenters. The number of carbonyl (C=O) groups is 1. The number of nitrogens with one attached hydrogen (secondary N) is 1. The molecule has 0 saturated carbocycles. The molecule has 0 spiro atoms. The number of aromatic amines is 1. The van der Waals surface area contributed by atoms with Crippen molar-refractivity contribution in [3.05, 3.63) is 34.8 Å². The van der Waals surface area contributed by atoms with Gasteiger partial charge in [0.25, 0.3) is 5.91 Å². The Morgan fingerprint density at radius 3 is 2.45 bits per heavy atom. The second kappa shape index (κ2) is 5.58. The molecule has 0 aliphatic carbocycles. The summed E-state index contributed by atoms with van der Waals surface area (Å²) in [5.74, 6) is 0.707. The van der Waals surface area contributed by atoms with Gasteiger partial charge in [0.1, 0.15) is 0 Å². The molecule has 1 amide bonds. The molecule has 0 bridgehead atoms. The summed E-state index contributed by atoms with van der Waals surface area (Å²) < 4.78 is 0.857. The van der Waals surface area contributed by atoms with Gasteiger partial charge in [-0.2, -0.15) is 5.10 Å². The molecule has 20 heavy (non-hydrogen) atoms. The van der Waals surface area contributed by atoms with Crippen molar-refractivity contribution in [1.29, 1.82) is 0 Å². The summed E-state index contributed by atoms with van der Waals surface area (Å²) in [6, 6.07) is 0. The fourth-order valence-electron chi connectivity index (χ4n) is 2.13. The Bertz CT molecular complexity index is 577. The fourth-order valence-corrected chi connectivity index (χ4v) is 2.33. The number of rotatable bonds is 2. The van der Waals surface area contributed by atoms with Gasteiger partial charge in [-0.05, 0) is 15.9 Å². The molecule has 7 nitrogen and oxygen atoms in total. The van der Waals surface area contributed by atoms with Gasteiger partial charge in [0.2, 0.25) is 5.95 Å². The highest BCUT2D eigenvalue weighted by molar-refractivity contribution is 9.10. The molecule has 1 aliphatic heterocycles. The maximum Gasteiger partial charge on any atom is 0.257 e. The minimum absolute atomic E-state index is 0.00937. The lowest BCUT2D eigenvalue weighted by atomic mass is 10.2. The van der Waals surface area contributed by atoms with Gasteiger partial charge in [-0.1, -0.05) is 0 Å². The number of amides is 1. The van der Waals surface area contributed by atoms with E-state index in [2.05, 4.69) is 41.0 Å². The summed E-state index contributed by atoms with van der Waals surface area (Å²) in [5.41, 5.74) is 0.596. The lowest BCUT2D eigenvalue weighted by molar-refractivity contribution is 0.0746. The van der Waals surface area contributed by atoms with E-state index in [1.807, 2.05) is 4.90 Å². The van der Waals surface area contributed by atoms with Gasteiger partial charge in [0, 0.05) is 44.8 Å². The molecule has 3 rings (SSSR count). The number of hydrogen-bond donors (Lipinski definition) is 1. The third-order valence-corrected chi connectivity index (χ3v) is 3.61. The molecule has 104 valence electrons. The molecule has 1 fully saturated rings. The normalized spacial score (nSPS) is 15.4. The predicted octanol–water partition coefficient (Wildman–Crippen LogP) is 0.925. The molecule has 1 saturated heterocycles. The number of H-pyrrole nitrogens is 1. The first-order chi connectivity index (χ1) is 9.74. The van der Waals surface area contributed by atoms with Crippen molar-refractivity contribution in [1.82, 2.24) is 25.1 Å². The van der Waals surface area contributed by atoms with Crippen LogP contribution in [0, 0.1) is 0 Å². The smallest absolute Gasteiger partial charge is 0.257 e. The highest BCUT2D eigenvalue weighted by Crippen LogP contribution is 2.14. The van der Waals surface area contributed by atoms with E-state index in [0.29, 0.717) is 24.6 Å². The number of halogens is 1. The highest BCUT2D eigenvalue weighted by atomic mass is 79.9. The van der Waals surface area contributed by atoms with Crippen LogP contribution in [0.2, 0.25) is 0 Å². The van der Waals surface area contributed by atoms with Crippen molar-refractivity contribution in [3.63, 3.8) is 0 Å². The van der Waals surface area contributed by atoms with Crippen LogP contribution in [-0.4, -0.2) is 57.2 Å². The molecule has 1 aliphatic rings. The molecular formula is C12H13BrN6O. The largest absolute Gasteiger partial charge is 0.337 e. The Labute approximate surface area is 124 Å². The molecule has 2 aromatic heterocycles. The average molecular weight is 337 g/mol. The van der Waals surface area contributed by atoms with Crippen LogP contribution in [0.25, 0.3) is 0 Å². The highest BCUT2D eigenvalue weighted by Gasteiger charge is 2.23. The Balaban J connectivity index is 1.62.